The Kier molecular flexibility index (Phi) is 7.50. The summed E-state index contributed by atoms with van der Waals surface area (Å²) in [5.74, 6) is -8.24. The van der Waals surface area contributed by atoms with Gasteiger partial charge in [0.05, 0.1) is 43.1 Å². The van der Waals surface area contributed by atoms with Crippen LogP contribution in [0.1, 0.15) is 29.9 Å². The van der Waals surface area contributed by atoms with Crippen molar-refractivity contribution >= 4 is 47.0 Å². The third-order valence-electron chi connectivity index (χ3n) is 10.2. The van der Waals surface area contributed by atoms with Gasteiger partial charge in [0.2, 0.25) is 11.8 Å². The fourth-order valence-electron chi connectivity index (χ4n) is 8.24. The van der Waals surface area contributed by atoms with Crippen molar-refractivity contribution in [2.75, 3.05) is 19.6 Å². The summed E-state index contributed by atoms with van der Waals surface area (Å²) in [6.45, 7) is 0. The number of likely N-dealkylation sites (tertiary alicyclic amines) is 1. The zero-order chi connectivity index (χ0) is 34.1. The van der Waals surface area contributed by atoms with Gasteiger partial charge in [0.25, 0.3) is 11.8 Å². The van der Waals surface area contributed by atoms with Crippen LogP contribution in [0.4, 0.5) is 14.9 Å². The number of methoxy groups -OCH3 is 2. The van der Waals surface area contributed by atoms with Gasteiger partial charge < -0.3 is 14.6 Å². The van der Waals surface area contributed by atoms with Crippen LogP contribution < -0.4 is 10.2 Å². The van der Waals surface area contributed by atoms with Crippen molar-refractivity contribution in [3.8, 4) is 11.5 Å². The van der Waals surface area contributed by atoms with Crippen LogP contribution in [0.2, 0.25) is 5.02 Å². The molecule has 2 saturated heterocycles. The van der Waals surface area contributed by atoms with Crippen LogP contribution in [-0.2, 0) is 29.3 Å². The lowest BCUT2D eigenvalue weighted by molar-refractivity contribution is -0.140. The number of halogens is 2. The second-order valence-corrected chi connectivity index (χ2v) is 12.7. The van der Waals surface area contributed by atoms with Crippen LogP contribution in [0, 0.1) is 29.5 Å². The number of ether oxygens (including phenoxy) is 2. The highest BCUT2D eigenvalue weighted by Crippen LogP contribution is 2.65. The molecule has 48 heavy (non-hydrogen) atoms. The minimum absolute atomic E-state index is 0.0533. The molecule has 7 rings (SSSR count). The molecule has 13 heteroatoms. The average Bonchev–Trinajstić information content (AvgIpc) is 3.46. The van der Waals surface area contributed by atoms with Crippen molar-refractivity contribution in [2.24, 2.45) is 23.7 Å². The lowest BCUT2D eigenvalue weighted by atomic mass is 9.49. The molecule has 11 nitrogen and oxygen atoms in total. The number of amides is 5. The van der Waals surface area contributed by atoms with E-state index in [1.54, 1.807) is 42.5 Å². The van der Waals surface area contributed by atoms with Gasteiger partial charge in [-0.25, -0.2) is 9.18 Å². The SMILES string of the molecule is COC(=O)N1C(=O)[C@H]2[C@H](CC=C3[C@H]2C[C@H]2C(=O)N(Nc4ccc(F)cc4)C(=O)[C@@]2(c2ccc(Cl)cc2)[C@H]3c2c(O)cccc2OC)C1=O. The Morgan fingerprint density at radius 1 is 0.958 bits per heavy atom. The number of benzene rings is 3. The first kappa shape index (κ1) is 31.4. The number of carbonyl (C=O) groups is 5. The Balaban J connectivity index is 1.49. The molecular formula is C35H29ClFN3O8. The number of nitrogens with zero attached hydrogens (tertiary/aromatic N) is 2. The molecular weight excluding hydrogens is 645 g/mol. The molecule has 3 fully saturated rings. The molecule has 1 saturated carbocycles. The van der Waals surface area contributed by atoms with Crippen molar-refractivity contribution in [1.82, 2.24) is 9.91 Å². The number of aromatic hydroxyl groups is 1. The van der Waals surface area contributed by atoms with Gasteiger partial charge in [-0.1, -0.05) is 41.4 Å². The first-order valence-corrected chi connectivity index (χ1v) is 15.6. The number of hydrogen-bond donors (Lipinski definition) is 2. The summed E-state index contributed by atoms with van der Waals surface area (Å²) in [6.07, 6.45) is 0.674. The van der Waals surface area contributed by atoms with E-state index in [2.05, 4.69) is 5.43 Å². The number of allylic oxidation sites excluding steroid dienone is 2. The number of nitrogens with one attached hydrogen (secondary N) is 1. The van der Waals surface area contributed by atoms with E-state index in [4.69, 9.17) is 21.1 Å². The number of rotatable bonds is 5. The van der Waals surface area contributed by atoms with Crippen LogP contribution in [0.15, 0.2) is 78.4 Å². The van der Waals surface area contributed by atoms with E-state index in [0.29, 0.717) is 21.1 Å². The van der Waals surface area contributed by atoms with Gasteiger partial charge in [-0.2, -0.15) is 9.91 Å². The fourth-order valence-corrected chi connectivity index (χ4v) is 8.37. The molecule has 0 bridgehead atoms. The van der Waals surface area contributed by atoms with E-state index in [0.717, 1.165) is 12.1 Å². The predicted molar refractivity (Wildman–Crippen MR) is 168 cm³/mol. The van der Waals surface area contributed by atoms with E-state index in [1.165, 1.54) is 37.4 Å². The van der Waals surface area contributed by atoms with Crippen LogP contribution in [0.25, 0.3) is 0 Å². The first-order chi connectivity index (χ1) is 23.0. The van der Waals surface area contributed by atoms with Gasteiger partial charge in [0.15, 0.2) is 0 Å². The van der Waals surface area contributed by atoms with Crippen LogP contribution >= 0.6 is 11.6 Å². The fraction of sp³-hybridized carbons (Fsp3) is 0.286. The normalized spacial score (nSPS) is 27.7. The summed E-state index contributed by atoms with van der Waals surface area (Å²) >= 11 is 6.30. The van der Waals surface area contributed by atoms with Crippen LogP contribution in [0.5, 0.6) is 11.5 Å². The molecule has 0 unspecified atom stereocenters. The summed E-state index contributed by atoms with van der Waals surface area (Å²) in [7, 11) is 2.48. The molecule has 3 aromatic carbocycles. The van der Waals surface area contributed by atoms with E-state index in [1.807, 2.05) is 0 Å². The Hall–Kier alpha value is -5.23. The van der Waals surface area contributed by atoms with Crippen molar-refractivity contribution in [2.45, 2.75) is 24.2 Å². The van der Waals surface area contributed by atoms with Gasteiger partial charge in [-0.3, -0.25) is 24.6 Å². The van der Waals surface area contributed by atoms with Crippen molar-refractivity contribution < 1.29 is 42.9 Å². The first-order valence-electron chi connectivity index (χ1n) is 15.2. The molecule has 5 amide bonds. The standard InChI is InChI=1S/C35H29ClFN3O8/c1-47-26-5-3-4-25(41)28(26)29-21-14-15-22-27(32(44)39(30(22)42)34(46)48-2)23(21)16-24-31(43)40(38-20-12-10-19(37)11-13-20)33(45)35(24,29)17-6-8-18(36)9-7-17/h3-14,22-24,27,29,38,41H,15-16H2,1-2H3/t22-,23+,24-,27-,29+,35+/m0/s1. The van der Waals surface area contributed by atoms with Gasteiger partial charge >= 0.3 is 6.09 Å². The molecule has 246 valence electrons. The smallest absolute Gasteiger partial charge is 0.423 e. The molecule has 2 N–H and O–H groups in total. The highest BCUT2D eigenvalue weighted by molar-refractivity contribution is 6.30. The quantitative estimate of drug-likeness (QED) is 0.284. The van der Waals surface area contributed by atoms with Gasteiger partial charge in [0, 0.05) is 16.5 Å². The summed E-state index contributed by atoms with van der Waals surface area (Å²) in [5, 5.41) is 12.8. The number of hydrogen-bond acceptors (Lipinski definition) is 9. The largest absolute Gasteiger partial charge is 0.508 e. The van der Waals surface area contributed by atoms with E-state index < -0.39 is 70.5 Å². The maximum absolute atomic E-state index is 15.1. The van der Waals surface area contributed by atoms with Gasteiger partial charge in [0.1, 0.15) is 17.3 Å². The molecule has 2 heterocycles. The zero-order valence-corrected chi connectivity index (χ0v) is 26.4. The Morgan fingerprint density at radius 2 is 1.67 bits per heavy atom. The van der Waals surface area contributed by atoms with Gasteiger partial charge in [-0.05, 0) is 72.9 Å². The third kappa shape index (κ3) is 4.35. The Labute approximate surface area is 278 Å². The number of phenolic OH excluding ortho intramolecular Hbond substituents is 1. The monoisotopic (exact) mass is 673 g/mol. The minimum atomic E-state index is -1.72. The summed E-state index contributed by atoms with van der Waals surface area (Å²) in [5.41, 5.74) is 2.57. The summed E-state index contributed by atoms with van der Waals surface area (Å²) in [6, 6.07) is 16.3. The van der Waals surface area contributed by atoms with Crippen LogP contribution in [-0.4, -0.2) is 59.0 Å². The van der Waals surface area contributed by atoms with Crippen molar-refractivity contribution in [3.63, 3.8) is 0 Å². The van der Waals surface area contributed by atoms with E-state index in [9.17, 15) is 28.7 Å². The highest BCUT2D eigenvalue weighted by Gasteiger charge is 2.71. The molecule has 2 aliphatic carbocycles. The predicted octanol–water partition coefficient (Wildman–Crippen LogP) is 4.94. The molecule has 0 spiro atoms. The molecule has 0 radical (unpaired) electrons. The summed E-state index contributed by atoms with van der Waals surface area (Å²) in [4.78, 5) is 70.1. The van der Waals surface area contributed by atoms with Crippen molar-refractivity contribution in [1.29, 1.82) is 0 Å². The number of imide groups is 4. The second kappa shape index (κ2) is 11.5. The highest BCUT2D eigenvalue weighted by atomic mass is 35.5. The van der Waals surface area contributed by atoms with Crippen molar-refractivity contribution in [3.05, 3.63) is 100 Å². The topological polar surface area (TPSA) is 143 Å². The summed E-state index contributed by atoms with van der Waals surface area (Å²) < 4.78 is 24.3. The molecule has 0 aromatic heterocycles. The second-order valence-electron chi connectivity index (χ2n) is 12.2. The van der Waals surface area contributed by atoms with Gasteiger partial charge in [-0.15, -0.1) is 0 Å². The molecule has 6 atom stereocenters. The number of phenols is 1. The van der Waals surface area contributed by atoms with Crippen LogP contribution in [0.3, 0.4) is 0 Å². The minimum Gasteiger partial charge on any atom is -0.508 e. The number of anilines is 1. The molecule has 3 aromatic rings. The Morgan fingerprint density at radius 3 is 2.33 bits per heavy atom. The maximum Gasteiger partial charge on any atom is 0.423 e. The average molecular weight is 674 g/mol. The zero-order valence-electron chi connectivity index (χ0n) is 25.7. The number of fused-ring (bicyclic) bond motifs is 4. The van der Waals surface area contributed by atoms with E-state index in [-0.39, 0.29) is 35.6 Å². The molecule has 2 aliphatic heterocycles. The third-order valence-corrected chi connectivity index (χ3v) is 10.4. The molecule has 4 aliphatic rings. The number of hydrazine groups is 1. The Bertz CT molecular complexity index is 1920. The maximum atomic E-state index is 15.1. The lowest BCUT2D eigenvalue weighted by Gasteiger charge is -2.50. The number of carbonyl (C=O) groups excluding carboxylic acids is 5. The lowest BCUT2D eigenvalue weighted by Crippen LogP contribution is -2.53. The van der Waals surface area contributed by atoms with E-state index >= 15 is 4.79 Å².